The second kappa shape index (κ2) is 13.4. The van der Waals surface area contributed by atoms with Gasteiger partial charge in [0, 0.05) is 25.0 Å². The molecule has 1 rings (SSSR count). The van der Waals surface area contributed by atoms with Crippen molar-refractivity contribution in [3.63, 3.8) is 0 Å². The summed E-state index contributed by atoms with van der Waals surface area (Å²) in [5, 5.41) is 16.8. The smallest absolute Gasteiger partial charge is 0.191 e. The molecular weight excluding hydrogens is 415 g/mol. The summed E-state index contributed by atoms with van der Waals surface area (Å²) in [5.41, 5.74) is 0.838. The summed E-state index contributed by atoms with van der Waals surface area (Å²) in [6, 6.07) is 3.99. The van der Waals surface area contributed by atoms with Crippen LogP contribution in [0, 0.1) is 5.92 Å². The predicted octanol–water partition coefficient (Wildman–Crippen LogP) is 3.50. The lowest BCUT2D eigenvalue weighted by Crippen LogP contribution is -2.42. The van der Waals surface area contributed by atoms with E-state index < -0.39 is 6.10 Å². The van der Waals surface area contributed by atoms with Crippen LogP contribution in [0.25, 0.3) is 0 Å². The molecule has 1 aromatic heterocycles. The maximum absolute atomic E-state index is 10.2. The van der Waals surface area contributed by atoms with Crippen molar-refractivity contribution in [2.75, 3.05) is 13.1 Å². The number of nitrogens with zero attached hydrogens (tertiary/aromatic N) is 2. The van der Waals surface area contributed by atoms with Gasteiger partial charge in [0.2, 0.25) is 0 Å². The Morgan fingerprint density at radius 1 is 1.21 bits per heavy atom. The molecule has 138 valence electrons. The summed E-state index contributed by atoms with van der Waals surface area (Å²) in [4.78, 5) is 8.46. The van der Waals surface area contributed by atoms with E-state index in [1.807, 2.05) is 19.1 Å². The fourth-order valence-corrected chi connectivity index (χ4v) is 2.33. The van der Waals surface area contributed by atoms with Crippen LogP contribution in [-0.2, 0) is 0 Å². The van der Waals surface area contributed by atoms with Gasteiger partial charge in [-0.1, -0.05) is 26.7 Å². The highest BCUT2D eigenvalue weighted by atomic mass is 127. The lowest BCUT2D eigenvalue weighted by molar-refractivity contribution is 0.187. The van der Waals surface area contributed by atoms with Crippen molar-refractivity contribution in [3.05, 3.63) is 30.1 Å². The molecule has 0 amide bonds. The molecule has 24 heavy (non-hydrogen) atoms. The van der Waals surface area contributed by atoms with Crippen LogP contribution in [0.1, 0.15) is 58.6 Å². The van der Waals surface area contributed by atoms with Gasteiger partial charge in [-0.15, -0.1) is 24.0 Å². The van der Waals surface area contributed by atoms with Gasteiger partial charge in [0.1, 0.15) is 0 Å². The van der Waals surface area contributed by atoms with Gasteiger partial charge in [0.15, 0.2) is 5.96 Å². The first kappa shape index (κ1) is 23.1. The lowest BCUT2D eigenvalue weighted by atomic mass is 10.0. The van der Waals surface area contributed by atoms with E-state index in [1.165, 1.54) is 12.8 Å². The molecule has 0 fully saturated rings. The molecule has 1 heterocycles. The molecule has 2 atom stereocenters. The van der Waals surface area contributed by atoms with E-state index in [0.717, 1.165) is 30.4 Å². The minimum Gasteiger partial charge on any atom is -0.386 e. The van der Waals surface area contributed by atoms with Crippen molar-refractivity contribution in [2.45, 2.75) is 59.1 Å². The molecule has 0 aliphatic carbocycles. The average Bonchev–Trinajstić information content (AvgIpc) is 2.53. The SMILES string of the molecule is CCNC(=NCC(O)c1ccncc1)NC(C)CCCC(C)C.I. The highest BCUT2D eigenvalue weighted by molar-refractivity contribution is 14.0. The molecule has 0 aromatic carbocycles. The van der Waals surface area contributed by atoms with Crippen LogP contribution in [0.4, 0.5) is 0 Å². The van der Waals surface area contributed by atoms with Crippen molar-refractivity contribution in [3.8, 4) is 0 Å². The first-order valence-corrected chi connectivity index (χ1v) is 8.65. The van der Waals surface area contributed by atoms with Gasteiger partial charge >= 0.3 is 0 Å². The topological polar surface area (TPSA) is 69.5 Å². The van der Waals surface area contributed by atoms with Crippen molar-refractivity contribution in [1.29, 1.82) is 0 Å². The number of hydrogen-bond acceptors (Lipinski definition) is 3. The van der Waals surface area contributed by atoms with Crippen LogP contribution in [0.5, 0.6) is 0 Å². The van der Waals surface area contributed by atoms with Gasteiger partial charge in [0.25, 0.3) is 0 Å². The Morgan fingerprint density at radius 2 is 1.88 bits per heavy atom. The number of aliphatic imine (C=N–C) groups is 1. The number of aliphatic hydroxyl groups excluding tert-OH is 1. The van der Waals surface area contributed by atoms with Crippen LogP contribution in [0.3, 0.4) is 0 Å². The Bertz CT molecular complexity index is 454. The highest BCUT2D eigenvalue weighted by Gasteiger charge is 2.09. The molecule has 0 saturated carbocycles. The molecule has 0 aliphatic heterocycles. The molecule has 0 radical (unpaired) electrons. The molecule has 0 aliphatic rings. The van der Waals surface area contributed by atoms with Crippen LogP contribution in [-0.4, -0.2) is 35.2 Å². The van der Waals surface area contributed by atoms with Gasteiger partial charge in [-0.25, -0.2) is 0 Å². The van der Waals surface area contributed by atoms with Crippen molar-refractivity contribution in [1.82, 2.24) is 15.6 Å². The Kier molecular flexibility index (Phi) is 12.9. The number of halogens is 1. The minimum absolute atomic E-state index is 0. The first-order chi connectivity index (χ1) is 11.0. The summed E-state index contributed by atoms with van der Waals surface area (Å²) < 4.78 is 0. The zero-order valence-corrected chi connectivity index (χ0v) is 17.7. The predicted molar refractivity (Wildman–Crippen MR) is 112 cm³/mol. The molecule has 3 N–H and O–H groups in total. The van der Waals surface area contributed by atoms with Gasteiger partial charge in [-0.05, 0) is 43.9 Å². The van der Waals surface area contributed by atoms with Gasteiger partial charge < -0.3 is 15.7 Å². The maximum atomic E-state index is 10.2. The number of rotatable bonds is 9. The number of guanidine groups is 1. The third kappa shape index (κ3) is 10.1. The molecule has 0 bridgehead atoms. The normalized spacial score (nSPS) is 14.0. The first-order valence-electron chi connectivity index (χ1n) is 8.65. The molecule has 1 aromatic rings. The quantitative estimate of drug-likeness (QED) is 0.307. The monoisotopic (exact) mass is 448 g/mol. The van der Waals surface area contributed by atoms with E-state index in [4.69, 9.17) is 0 Å². The molecule has 0 spiro atoms. The Morgan fingerprint density at radius 3 is 2.46 bits per heavy atom. The van der Waals surface area contributed by atoms with E-state index in [-0.39, 0.29) is 24.0 Å². The minimum atomic E-state index is -0.607. The number of aliphatic hydroxyl groups is 1. The van der Waals surface area contributed by atoms with Crippen molar-refractivity contribution < 1.29 is 5.11 Å². The largest absolute Gasteiger partial charge is 0.386 e. The fourth-order valence-electron chi connectivity index (χ4n) is 2.33. The summed E-state index contributed by atoms with van der Waals surface area (Å²) in [5.74, 6) is 1.51. The third-order valence-corrected chi connectivity index (χ3v) is 3.66. The maximum Gasteiger partial charge on any atom is 0.191 e. The fraction of sp³-hybridized carbons (Fsp3) is 0.667. The van der Waals surface area contributed by atoms with Crippen LogP contribution in [0.15, 0.2) is 29.5 Å². The number of hydrogen-bond donors (Lipinski definition) is 3. The van der Waals surface area contributed by atoms with E-state index >= 15 is 0 Å². The van der Waals surface area contributed by atoms with Crippen LogP contribution in [0.2, 0.25) is 0 Å². The lowest BCUT2D eigenvalue weighted by Gasteiger charge is -2.19. The zero-order chi connectivity index (χ0) is 17.1. The second-order valence-corrected chi connectivity index (χ2v) is 6.39. The van der Waals surface area contributed by atoms with Gasteiger partial charge in [-0.2, -0.15) is 0 Å². The molecular formula is C18H33IN4O. The number of aromatic nitrogens is 1. The van der Waals surface area contributed by atoms with E-state index in [9.17, 15) is 5.11 Å². The standard InChI is InChI=1S/C18H32N4O.HI/c1-5-20-18(22-15(4)8-6-7-14(2)3)21-13-17(23)16-9-11-19-12-10-16;/h9-12,14-15,17,23H,5-8,13H2,1-4H3,(H2,20,21,22);1H. The number of nitrogens with one attached hydrogen (secondary N) is 2. The Balaban J connectivity index is 0.00000529. The van der Waals surface area contributed by atoms with Crippen molar-refractivity contribution in [2.24, 2.45) is 10.9 Å². The van der Waals surface area contributed by atoms with Gasteiger partial charge in [-0.3, -0.25) is 9.98 Å². The summed E-state index contributed by atoms with van der Waals surface area (Å²) in [6.45, 7) is 9.86. The summed E-state index contributed by atoms with van der Waals surface area (Å²) in [7, 11) is 0. The Hall–Kier alpha value is -0.890. The van der Waals surface area contributed by atoms with E-state index in [1.54, 1.807) is 12.4 Å². The van der Waals surface area contributed by atoms with Gasteiger partial charge in [0.05, 0.1) is 12.6 Å². The van der Waals surface area contributed by atoms with Crippen LogP contribution < -0.4 is 10.6 Å². The molecule has 0 saturated heterocycles. The molecule has 6 heteroatoms. The average molecular weight is 448 g/mol. The third-order valence-electron chi connectivity index (χ3n) is 3.66. The zero-order valence-electron chi connectivity index (χ0n) is 15.3. The van der Waals surface area contributed by atoms with Crippen LogP contribution >= 0.6 is 24.0 Å². The second-order valence-electron chi connectivity index (χ2n) is 6.39. The summed E-state index contributed by atoms with van der Waals surface area (Å²) >= 11 is 0. The molecule has 2 unspecified atom stereocenters. The number of pyridine rings is 1. The van der Waals surface area contributed by atoms with Crippen molar-refractivity contribution >= 4 is 29.9 Å². The summed E-state index contributed by atoms with van der Waals surface area (Å²) in [6.07, 6.45) is 6.34. The Labute approximate surface area is 163 Å². The molecule has 5 nitrogen and oxygen atoms in total. The van der Waals surface area contributed by atoms with E-state index in [2.05, 4.69) is 41.4 Å². The highest BCUT2D eigenvalue weighted by Crippen LogP contribution is 2.11. The van der Waals surface area contributed by atoms with E-state index in [0.29, 0.717) is 12.6 Å².